The number of hydrogen-bond acceptors (Lipinski definition) is 3. The smallest absolute Gasteiger partial charge is 0.387 e. The third-order valence-corrected chi connectivity index (χ3v) is 2.74. The minimum Gasteiger partial charge on any atom is -0.434 e. The summed E-state index contributed by atoms with van der Waals surface area (Å²) in [5.41, 5.74) is 0.650. The lowest BCUT2D eigenvalue weighted by Crippen LogP contribution is -2.36. The minimum atomic E-state index is -2.83. The molecule has 1 aromatic rings. The molecule has 1 aromatic carbocycles. The average molecular weight is 259 g/mol. The first kappa shape index (κ1) is 14.9. The van der Waals surface area contributed by atoms with Crippen LogP contribution in [-0.4, -0.2) is 24.4 Å². The van der Waals surface area contributed by atoms with E-state index in [1.54, 1.807) is 18.2 Å². The fraction of sp³-hybridized carbons (Fsp3) is 0.538. The van der Waals surface area contributed by atoms with Crippen molar-refractivity contribution in [3.05, 3.63) is 29.8 Å². The number of rotatable bonds is 7. The van der Waals surface area contributed by atoms with E-state index in [0.717, 1.165) is 0 Å². The van der Waals surface area contributed by atoms with Gasteiger partial charge < -0.3 is 15.2 Å². The topological polar surface area (TPSA) is 41.5 Å². The molecule has 0 saturated carbocycles. The van der Waals surface area contributed by atoms with Crippen molar-refractivity contribution >= 4 is 0 Å². The Kier molecular flexibility index (Phi) is 6.01. The van der Waals surface area contributed by atoms with Crippen LogP contribution in [0.25, 0.3) is 0 Å². The molecule has 5 heteroatoms. The Balaban J connectivity index is 2.66. The number of alkyl halides is 2. The van der Waals surface area contributed by atoms with E-state index in [1.165, 1.54) is 6.07 Å². The second kappa shape index (κ2) is 7.28. The predicted molar refractivity (Wildman–Crippen MR) is 65.6 cm³/mol. The van der Waals surface area contributed by atoms with E-state index in [9.17, 15) is 13.9 Å². The molecule has 3 nitrogen and oxygen atoms in total. The first-order valence-electron chi connectivity index (χ1n) is 5.91. The summed E-state index contributed by atoms with van der Waals surface area (Å²) in [4.78, 5) is 0. The van der Waals surface area contributed by atoms with E-state index in [-0.39, 0.29) is 24.3 Å². The van der Waals surface area contributed by atoms with E-state index in [2.05, 4.69) is 10.1 Å². The SMILES string of the molecule is CC(C)C(CO)NCc1ccccc1OC(F)F. The minimum absolute atomic E-state index is 0.00946. The molecule has 0 amide bonds. The summed E-state index contributed by atoms with van der Waals surface area (Å²) in [7, 11) is 0. The molecule has 2 N–H and O–H groups in total. The summed E-state index contributed by atoms with van der Waals surface area (Å²) in [5, 5.41) is 12.3. The van der Waals surface area contributed by atoms with Crippen LogP contribution in [-0.2, 0) is 6.54 Å². The van der Waals surface area contributed by atoms with Crippen molar-refractivity contribution in [1.29, 1.82) is 0 Å². The van der Waals surface area contributed by atoms with Crippen LogP contribution >= 0.6 is 0 Å². The highest BCUT2D eigenvalue weighted by Crippen LogP contribution is 2.20. The second-order valence-electron chi connectivity index (χ2n) is 4.40. The van der Waals surface area contributed by atoms with Gasteiger partial charge in [-0.2, -0.15) is 8.78 Å². The molecule has 18 heavy (non-hydrogen) atoms. The maximum Gasteiger partial charge on any atom is 0.387 e. The van der Waals surface area contributed by atoms with Gasteiger partial charge in [-0.15, -0.1) is 0 Å². The summed E-state index contributed by atoms with van der Waals surface area (Å²) in [6.07, 6.45) is 0. The Morgan fingerprint density at radius 2 is 1.94 bits per heavy atom. The van der Waals surface area contributed by atoms with Crippen molar-refractivity contribution in [1.82, 2.24) is 5.32 Å². The first-order valence-corrected chi connectivity index (χ1v) is 5.91. The van der Waals surface area contributed by atoms with Crippen LogP contribution in [0.5, 0.6) is 5.75 Å². The normalized spacial score (nSPS) is 13.1. The largest absolute Gasteiger partial charge is 0.434 e. The molecule has 0 heterocycles. The van der Waals surface area contributed by atoms with Gasteiger partial charge in [-0.3, -0.25) is 0 Å². The highest BCUT2D eigenvalue weighted by molar-refractivity contribution is 5.33. The van der Waals surface area contributed by atoms with Crippen LogP contribution in [0, 0.1) is 5.92 Å². The predicted octanol–water partition coefficient (Wildman–Crippen LogP) is 2.39. The van der Waals surface area contributed by atoms with Crippen LogP contribution in [0.1, 0.15) is 19.4 Å². The highest BCUT2D eigenvalue weighted by Gasteiger charge is 2.13. The van der Waals surface area contributed by atoms with Gasteiger partial charge in [0, 0.05) is 18.2 Å². The number of ether oxygens (including phenoxy) is 1. The zero-order valence-corrected chi connectivity index (χ0v) is 10.6. The number of aliphatic hydroxyl groups is 1. The fourth-order valence-corrected chi connectivity index (χ4v) is 1.61. The molecule has 0 aliphatic heterocycles. The van der Waals surface area contributed by atoms with Gasteiger partial charge in [-0.05, 0) is 12.0 Å². The van der Waals surface area contributed by atoms with Crippen LogP contribution in [0.3, 0.4) is 0 Å². The summed E-state index contributed by atoms with van der Waals surface area (Å²) in [6, 6.07) is 6.57. The van der Waals surface area contributed by atoms with Crippen molar-refractivity contribution in [2.45, 2.75) is 33.0 Å². The summed E-state index contributed by atoms with van der Waals surface area (Å²) in [6.45, 7) is 1.53. The molecule has 0 aromatic heterocycles. The Morgan fingerprint density at radius 3 is 2.50 bits per heavy atom. The van der Waals surface area contributed by atoms with Crippen molar-refractivity contribution in [2.75, 3.05) is 6.61 Å². The lowest BCUT2D eigenvalue weighted by molar-refractivity contribution is -0.0505. The van der Waals surface area contributed by atoms with E-state index in [0.29, 0.717) is 12.1 Å². The van der Waals surface area contributed by atoms with Gasteiger partial charge in [0.15, 0.2) is 0 Å². The standard InChI is InChI=1S/C13H19F2NO2/c1-9(2)11(8-17)16-7-10-5-3-4-6-12(10)18-13(14)15/h3-6,9,11,13,16-17H,7-8H2,1-2H3. The molecule has 0 aliphatic carbocycles. The molecular weight excluding hydrogens is 240 g/mol. The van der Waals surface area contributed by atoms with E-state index in [4.69, 9.17) is 0 Å². The average Bonchev–Trinajstić information content (AvgIpc) is 2.30. The van der Waals surface area contributed by atoms with Crippen molar-refractivity contribution in [2.24, 2.45) is 5.92 Å². The molecule has 0 radical (unpaired) electrons. The summed E-state index contributed by atoms with van der Waals surface area (Å²) in [5.74, 6) is 0.429. The Labute approximate surface area is 106 Å². The number of nitrogens with one attached hydrogen (secondary N) is 1. The molecule has 1 rings (SSSR count). The zero-order valence-electron chi connectivity index (χ0n) is 10.6. The fourth-order valence-electron chi connectivity index (χ4n) is 1.61. The van der Waals surface area contributed by atoms with E-state index >= 15 is 0 Å². The quantitative estimate of drug-likeness (QED) is 0.790. The van der Waals surface area contributed by atoms with Crippen LogP contribution < -0.4 is 10.1 Å². The molecule has 0 aliphatic rings. The molecular formula is C13H19F2NO2. The van der Waals surface area contributed by atoms with Crippen LogP contribution in [0.4, 0.5) is 8.78 Å². The number of halogens is 2. The van der Waals surface area contributed by atoms with Gasteiger partial charge in [0.2, 0.25) is 0 Å². The third-order valence-electron chi connectivity index (χ3n) is 2.74. The molecule has 1 unspecified atom stereocenters. The second-order valence-corrected chi connectivity index (χ2v) is 4.40. The highest BCUT2D eigenvalue weighted by atomic mass is 19.3. The first-order chi connectivity index (χ1) is 8.54. The molecule has 1 atom stereocenters. The number of benzene rings is 1. The number of para-hydroxylation sites is 1. The van der Waals surface area contributed by atoms with Gasteiger partial charge in [0.1, 0.15) is 5.75 Å². The maximum atomic E-state index is 12.2. The Bertz CT molecular complexity index is 359. The van der Waals surface area contributed by atoms with E-state index in [1.807, 2.05) is 13.8 Å². The number of aliphatic hydroxyl groups excluding tert-OH is 1. The van der Waals surface area contributed by atoms with E-state index < -0.39 is 6.61 Å². The van der Waals surface area contributed by atoms with Gasteiger partial charge in [0.25, 0.3) is 0 Å². The van der Waals surface area contributed by atoms with Gasteiger partial charge in [-0.1, -0.05) is 32.0 Å². The molecule has 0 fully saturated rings. The Hall–Kier alpha value is -1.20. The molecule has 102 valence electrons. The van der Waals surface area contributed by atoms with Crippen molar-refractivity contribution in [3.8, 4) is 5.75 Å². The van der Waals surface area contributed by atoms with Crippen LogP contribution in [0.2, 0.25) is 0 Å². The Morgan fingerprint density at radius 1 is 1.28 bits per heavy atom. The van der Waals surface area contributed by atoms with Crippen molar-refractivity contribution in [3.63, 3.8) is 0 Å². The molecule has 0 bridgehead atoms. The lowest BCUT2D eigenvalue weighted by atomic mass is 10.0. The number of hydrogen-bond donors (Lipinski definition) is 2. The van der Waals surface area contributed by atoms with Gasteiger partial charge >= 0.3 is 6.61 Å². The summed E-state index contributed by atoms with van der Waals surface area (Å²) < 4.78 is 28.9. The van der Waals surface area contributed by atoms with Crippen LogP contribution in [0.15, 0.2) is 24.3 Å². The zero-order chi connectivity index (χ0) is 13.5. The van der Waals surface area contributed by atoms with Gasteiger partial charge in [-0.25, -0.2) is 0 Å². The third kappa shape index (κ3) is 4.58. The maximum absolute atomic E-state index is 12.2. The van der Waals surface area contributed by atoms with Crippen molar-refractivity contribution < 1.29 is 18.6 Å². The monoisotopic (exact) mass is 259 g/mol. The van der Waals surface area contributed by atoms with Gasteiger partial charge in [0.05, 0.1) is 6.61 Å². The molecule has 0 spiro atoms. The lowest BCUT2D eigenvalue weighted by Gasteiger charge is -2.20. The summed E-state index contributed by atoms with van der Waals surface area (Å²) >= 11 is 0. The molecule has 0 saturated heterocycles.